The summed E-state index contributed by atoms with van der Waals surface area (Å²) in [6, 6.07) is 2.37. The number of hydrogen-bond acceptors (Lipinski definition) is 4. The first-order chi connectivity index (χ1) is 12.2. The molecule has 0 aromatic heterocycles. The minimum Gasteiger partial charge on any atom is -0.441 e. The highest BCUT2D eigenvalue weighted by Gasteiger charge is 2.66. The molecule has 0 spiro atoms. The molecule has 0 aliphatic rings. The molecule has 0 aliphatic heterocycles. The summed E-state index contributed by atoms with van der Waals surface area (Å²) >= 11 is 0. The normalized spacial score (nSPS) is 14.0. The van der Waals surface area contributed by atoms with Gasteiger partial charge in [-0.2, -0.15) is 30.4 Å². The van der Waals surface area contributed by atoms with E-state index >= 15 is 0 Å². The first-order valence-electron chi connectivity index (χ1n) is 7.08. The Bertz CT molecular complexity index is 813. The predicted octanol–water partition coefficient (Wildman–Crippen LogP) is 1.26. The molecule has 14 heteroatoms. The lowest BCUT2D eigenvalue weighted by Gasteiger charge is -2.26. The van der Waals surface area contributed by atoms with Crippen molar-refractivity contribution in [2.45, 2.75) is 36.5 Å². The van der Waals surface area contributed by atoms with Crippen molar-refractivity contribution < 1.29 is 44.5 Å². The van der Waals surface area contributed by atoms with Gasteiger partial charge in [-0.05, 0) is 11.6 Å². The van der Waals surface area contributed by atoms with E-state index in [1.165, 1.54) is 6.07 Å². The monoisotopic (exact) mass is 406 g/mol. The van der Waals surface area contributed by atoms with Crippen LogP contribution in [0.4, 0.5) is 22.0 Å². The van der Waals surface area contributed by atoms with Gasteiger partial charge in [0.1, 0.15) is 0 Å². The first kappa shape index (κ1) is 23.5. The number of halogens is 5. The quantitative estimate of drug-likeness (QED) is 0.320. The third kappa shape index (κ3) is 5.04. The minimum absolute atomic E-state index is 0.0872. The summed E-state index contributed by atoms with van der Waals surface area (Å²) in [5.74, 6) is -1.94. The van der Waals surface area contributed by atoms with Crippen molar-refractivity contribution in [2.75, 3.05) is 0 Å². The number of alkyl halides is 5. The molecule has 0 saturated heterocycles. The predicted molar refractivity (Wildman–Crippen MR) is 86.6 cm³/mol. The molecule has 0 bridgehead atoms. The zero-order valence-electron chi connectivity index (χ0n) is 13.5. The van der Waals surface area contributed by atoms with E-state index in [4.69, 9.17) is 28.1 Å². The van der Waals surface area contributed by atoms with Crippen LogP contribution in [-0.4, -0.2) is 60.0 Å². The molecule has 0 saturated carbocycles. The van der Waals surface area contributed by atoms with Gasteiger partial charge in [0.2, 0.25) is 0 Å². The Kier molecular flexibility index (Phi) is 7.14. The molecule has 0 heterocycles. The molecule has 1 N–H and O–H groups in total. The molecule has 1 aromatic rings. The molecule has 0 amide bonds. The fraction of sp³-hybridized carbons (Fsp3) is 0.462. The molecule has 27 heavy (non-hydrogen) atoms. The second-order valence-electron chi connectivity index (χ2n) is 5.26. The van der Waals surface area contributed by atoms with Crippen LogP contribution in [0.1, 0.15) is 27.0 Å². The van der Waals surface area contributed by atoms with E-state index in [2.05, 4.69) is 4.74 Å². The zero-order chi connectivity index (χ0) is 21.2. The molecule has 0 aliphatic carbocycles. The summed E-state index contributed by atoms with van der Waals surface area (Å²) in [5.41, 5.74) is -0.306. The van der Waals surface area contributed by atoms with Gasteiger partial charge in [0.05, 0.1) is 29.1 Å². The second kappa shape index (κ2) is 8.21. The van der Waals surface area contributed by atoms with Crippen molar-refractivity contribution >= 4 is 39.6 Å². The van der Waals surface area contributed by atoms with Crippen molar-refractivity contribution in [3.63, 3.8) is 0 Å². The number of carbonyl (C=O) groups excluding carboxylic acids is 1. The summed E-state index contributed by atoms with van der Waals surface area (Å²) in [6.45, 7) is 0. The van der Waals surface area contributed by atoms with Crippen molar-refractivity contribution in [1.29, 1.82) is 0 Å². The minimum atomic E-state index is -6.55. The van der Waals surface area contributed by atoms with Crippen molar-refractivity contribution in [2.24, 2.45) is 0 Å². The largest absolute Gasteiger partial charge is 0.441 e. The van der Waals surface area contributed by atoms with Crippen molar-refractivity contribution in [3.8, 4) is 0 Å². The van der Waals surface area contributed by atoms with Gasteiger partial charge in [-0.3, -0.25) is 4.55 Å². The number of benzene rings is 1. The van der Waals surface area contributed by atoms with Crippen LogP contribution < -0.4 is 0 Å². The summed E-state index contributed by atoms with van der Waals surface area (Å²) in [7, 11) is 9.73. The summed E-state index contributed by atoms with van der Waals surface area (Å²) < 4.78 is 99.2. The van der Waals surface area contributed by atoms with Crippen molar-refractivity contribution in [3.05, 3.63) is 34.4 Å². The SMILES string of the molecule is [B]Cc1cc(C[B])c(C[B])c(C(=O)OC(C(F)(F)F)C(F)(F)S(=O)(=O)O)c1. The van der Waals surface area contributed by atoms with Gasteiger partial charge in [0.25, 0.3) is 6.10 Å². The highest BCUT2D eigenvalue weighted by molar-refractivity contribution is 7.86. The van der Waals surface area contributed by atoms with Crippen LogP contribution in [0.25, 0.3) is 0 Å². The standard InChI is InChI=1S/C13H10B3F5O5S/c14-3-6-1-7(4-15)9(5-16)8(2-6)10(22)26-11(12(17,18)19)13(20,21)27(23,24)25/h1-2,11H,3-5H2,(H,23,24,25). The summed E-state index contributed by atoms with van der Waals surface area (Å²) in [5, 5.41) is -5.84. The topological polar surface area (TPSA) is 80.7 Å². The second-order valence-corrected chi connectivity index (χ2v) is 6.75. The number of esters is 1. The maximum absolute atomic E-state index is 13.5. The van der Waals surface area contributed by atoms with Gasteiger partial charge in [-0.1, -0.05) is 36.2 Å². The molecule has 1 aromatic carbocycles. The van der Waals surface area contributed by atoms with Gasteiger partial charge < -0.3 is 4.74 Å². The molecule has 142 valence electrons. The van der Waals surface area contributed by atoms with E-state index in [0.29, 0.717) is 0 Å². The molecule has 1 unspecified atom stereocenters. The lowest BCUT2D eigenvalue weighted by molar-refractivity contribution is -0.248. The number of carbonyl (C=O) groups is 1. The fourth-order valence-corrected chi connectivity index (χ4v) is 2.61. The van der Waals surface area contributed by atoms with Crippen molar-refractivity contribution in [1.82, 2.24) is 0 Å². The molecule has 0 fully saturated rings. The maximum atomic E-state index is 13.5. The van der Waals surface area contributed by atoms with E-state index in [1.807, 2.05) is 0 Å². The molecule has 6 radical (unpaired) electrons. The van der Waals surface area contributed by atoms with E-state index in [9.17, 15) is 35.2 Å². The molecule has 5 nitrogen and oxygen atoms in total. The zero-order valence-corrected chi connectivity index (χ0v) is 14.3. The average molecular weight is 406 g/mol. The first-order valence-corrected chi connectivity index (χ1v) is 8.52. The highest BCUT2D eigenvalue weighted by atomic mass is 32.2. The maximum Gasteiger partial charge on any atom is 0.432 e. The van der Waals surface area contributed by atoms with E-state index < -0.39 is 45.5 Å². The molecule has 1 atom stereocenters. The number of ether oxygens (including phenoxy) is 1. The molecule has 1 rings (SSSR count). The third-order valence-corrected chi connectivity index (χ3v) is 4.36. The summed E-state index contributed by atoms with van der Waals surface area (Å²) in [6.07, 6.45) is -11.3. The Morgan fingerprint density at radius 1 is 1.07 bits per heavy atom. The van der Waals surface area contributed by atoms with Crippen LogP contribution in [0.2, 0.25) is 0 Å². The lowest BCUT2D eigenvalue weighted by atomic mass is 9.81. The smallest absolute Gasteiger partial charge is 0.432 e. The Balaban J connectivity index is 3.48. The van der Waals surface area contributed by atoms with Crippen LogP contribution in [0.5, 0.6) is 0 Å². The highest BCUT2D eigenvalue weighted by Crippen LogP contribution is 2.38. The Morgan fingerprint density at radius 3 is 2.00 bits per heavy atom. The van der Waals surface area contributed by atoms with E-state index in [-0.39, 0.29) is 29.3 Å². The Labute approximate surface area is 155 Å². The fourth-order valence-electron chi connectivity index (χ4n) is 2.15. The number of hydrogen-bond donors (Lipinski definition) is 1. The molecular formula is C13H10B3F5O5S. The summed E-state index contributed by atoms with van der Waals surface area (Å²) in [4.78, 5) is 12.1. The van der Waals surface area contributed by atoms with Crippen LogP contribution in [-0.2, 0) is 33.8 Å². The lowest BCUT2D eigenvalue weighted by Crippen LogP contribution is -2.52. The van der Waals surface area contributed by atoms with E-state index in [0.717, 1.165) is 6.07 Å². The van der Waals surface area contributed by atoms with Crippen LogP contribution >= 0.6 is 0 Å². The van der Waals surface area contributed by atoms with Gasteiger partial charge in [0, 0.05) is 0 Å². The van der Waals surface area contributed by atoms with Gasteiger partial charge in [0.15, 0.2) is 0 Å². The van der Waals surface area contributed by atoms with Gasteiger partial charge in [-0.15, -0.1) is 0 Å². The van der Waals surface area contributed by atoms with Crippen LogP contribution in [0.15, 0.2) is 12.1 Å². The number of rotatable bonds is 7. The van der Waals surface area contributed by atoms with Gasteiger partial charge in [-0.25, -0.2) is 4.79 Å². The van der Waals surface area contributed by atoms with Gasteiger partial charge >= 0.3 is 27.5 Å². The average Bonchev–Trinajstić information content (AvgIpc) is 2.55. The van der Waals surface area contributed by atoms with Crippen LogP contribution in [0.3, 0.4) is 0 Å². The van der Waals surface area contributed by atoms with Crippen LogP contribution in [0, 0.1) is 0 Å². The third-order valence-electron chi connectivity index (χ3n) is 3.45. The molecular weight excluding hydrogens is 396 g/mol. The van der Waals surface area contributed by atoms with E-state index in [1.54, 1.807) is 0 Å². The Morgan fingerprint density at radius 2 is 1.63 bits per heavy atom. The Hall–Kier alpha value is -1.56.